The molecule has 20 heavy (non-hydrogen) atoms. The van der Waals surface area contributed by atoms with E-state index in [0.717, 1.165) is 0 Å². The summed E-state index contributed by atoms with van der Waals surface area (Å²) < 4.78 is 32.4. The second-order valence-corrected chi connectivity index (χ2v) is 4.94. The Bertz CT molecular complexity index is 501. The molecule has 4 nitrogen and oxygen atoms in total. The van der Waals surface area contributed by atoms with Crippen LogP contribution in [-0.2, 0) is 16.1 Å². The molecule has 7 heteroatoms. The van der Waals surface area contributed by atoms with Gasteiger partial charge in [-0.1, -0.05) is 23.7 Å². The molecule has 1 heterocycles. The molecule has 1 aliphatic heterocycles. The molecule has 0 aromatic heterocycles. The van der Waals surface area contributed by atoms with Crippen molar-refractivity contribution >= 4 is 17.5 Å². The molecular formula is C13H15ClF2N2O2. The third kappa shape index (κ3) is 3.08. The Hall–Kier alpha value is -1.24. The Morgan fingerprint density at radius 3 is 3.00 bits per heavy atom. The monoisotopic (exact) mass is 304 g/mol. The predicted octanol–water partition coefficient (Wildman–Crippen LogP) is 1.42. The van der Waals surface area contributed by atoms with E-state index >= 15 is 0 Å². The number of alkyl halides is 1. The predicted molar refractivity (Wildman–Crippen MR) is 70.7 cm³/mol. The van der Waals surface area contributed by atoms with Crippen LogP contribution in [0.4, 0.5) is 8.78 Å². The van der Waals surface area contributed by atoms with E-state index in [1.807, 2.05) is 0 Å². The fraction of sp³-hybridized carbons (Fsp3) is 0.462. The smallest absolute Gasteiger partial charge is 0.240 e. The van der Waals surface area contributed by atoms with E-state index in [9.17, 15) is 13.6 Å². The zero-order valence-electron chi connectivity index (χ0n) is 10.8. The zero-order valence-corrected chi connectivity index (χ0v) is 11.6. The van der Waals surface area contributed by atoms with Gasteiger partial charge in [0.2, 0.25) is 5.91 Å². The molecule has 2 N–H and O–H groups in total. The van der Waals surface area contributed by atoms with E-state index in [1.165, 1.54) is 19.2 Å². The third-order valence-corrected chi connectivity index (χ3v) is 3.57. The lowest BCUT2D eigenvalue weighted by molar-refractivity contribution is -0.124. The number of methoxy groups -OCH3 is 1. The maximum Gasteiger partial charge on any atom is 0.240 e. The zero-order chi connectivity index (χ0) is 14.7. The van der Waals surface area contributed by atoms with Crippen molar-refractivity contribution in [3.63, 3.8) is 0 Å². The number of amides is 1. The van der Waals surface area contributed by atoms with Crippen molar-refractivity contribution < 1.29 is 18.3 Å². The molecule has 1 aromatic rings. The van der Waals surface area contributed by atoms with Crippen LogP contribution < -0.4 is 10.6 Å². The minimum Gasteiger partial charge on any atom is -0.377 e. The van der Waals surface area contributed by atoms with Crippen molar-refractivity contribution in [2.24, 2.45) is 0 Å². The molecule has 0 aliphatic carbocycles. The highest BCUT2D eigenvalue weighted by Gasteiger charge is 2.40. The largest absolute Gasteiger partial charge is 0.377 e. The highest BCUT2D eigenvalue weighted by Crippen LogP contribution is 2.18. The van der Waals surface area contributed by atoms with Crippen LogP contribution in [0.3, 0.4) is 0 Å². The van der Waals surface area contributed by atoms with Crippen LogP contribution in [0.5, 0.6) is 0 Å². The van der Waals surface area contributed by atoms with Gasteiger partial charge in [-0.3, -0.25) is 4.79 Å². The Labute approximate surface area is 120 Å². The lowest BCUT2D eigenvalue weighted by atomic mass is 10.1. The first kappa shape index (κ1) is 15.2. The number of benzene rings is 1. The quantitative estimate of drug-likeness (QED) is 0.884. The molecule has 110 valence electrons. The van der Waals surface area contributed by atoms with Gasteiger partial charge in [0.25, 0.3) is 0 Å². The first-order chi connectivity index (χ1) is 9.54. The van der Waals surface area contributed by atoms with Crippen molar-refractivity contribution in [1.82, 2.24) is 10.6 Å². The molecule has 2 rings (SSSR count). The van der Waals surface area contributed by atoms with E-state index in [2.05, 4.69) is 10.6 Å². The maximum atomic E-state index is 13.8. The molecule has 0 radical (unpaired) electrons. The Morgan fingerprint density at radius 2 is 2.35 bits per heavy atom. The van der Waals surface area contributed by atoms with Gasteiger partial charge in [0.05, 0.1) is 5.02 Å². The molecule has 3 atom stereocenters. The van der Waals surface area contributed by atoms with E-state index in [0.29, 0.717) is 0 Å². The van der Waals surface area contributed by atoms with Gasteiger partial charge >= 0.3 is 0 Å². The van der Waals surface area contributed by atoms with Crippen LogP contribution in [0.2, 0.25) is 5.02 Å². The van der Waals surface area contributed by atoms with Gasteiger partial charge in [-0.15, -0.1) is 0 Å². The summed E-state index contributed by atoms with van der Waals surface area (Å²) in [5, 5.41) is 5.21. The van der Waals surface area contributed by atoms with Crippen molar-refractivity contribution in [2.45, 2.75) is 24.9 Å². The van der Waals surface area contributed by atoms with Gasteiger partial charge in [-0.2, -0.15) is 0 Å². The van der Waals surface area contributed by atoms with Crippen LogP contribution in [0.25, 0.3) is 0 Å². The third-order valence-electron chi connectivity index (χ3n) is 3.28. The van der Waals surface area contributed by atoms with Crippen molar-refractivity contribution in [3.8, 4) is 0 Å². The molecule has 0 spiro atoms. The molecule has 0 unspecified atom stereocenters. The number of nitrogens with one attached hydrogen (secondary N) is 2. The van der Waals surface area contributed by atoms with E-state index in [1.54, 1.807) is 6.07 Å². The maximum absolute atomic E-state index is 13.8. The number of ether oxygens (including phenoxy) is 1. The molecule has 1 amide bonds. The van der Waals surface area contributed by atoms with Crippen LogP contribution in [0.15, 0.2) is 18.2 Å². The number of hydrogen-bond acceptors (Lipinski definition) is 3. The average Bonchev–Trinajstić information content (AvgIpc) is 2.81. The minimum atomic E-state index is -1.43. The van der Waals surface area contributed by atoms with Crippen LogP contribution >= 0.6 is 11.6 Å². The van der Waals surface area contributed by atoms with Crippen molar-refractivity contribution in [2.75, 3.05) is 13.7 Å². The van der Waals surface area contributed by atoms with Gasteiger partial charge < -0.3 is 15.4 Å². The fourth-order valence-electron chi connectivity index (χ4n) is 2.11. The van der Waals surface area contributed by atoms with E-state index < -0.39 is 30.0 Å². The molecular weight excluding hydrogens is 290 g/mol. The summed E-state index contributed by atoms with van der Waals surface area (Å²) in [4.78, 5) is 11.9. The van der Waals surface area contributed by atoms with Gasteiger partial charge in [-0.25, -0.2) is 8.78 Å². The molecule has 1 aliphatic rings. The number of rotatable bonds is 4. The van der Waals surface area contributed by atoms with Crippen molar-refractivity contribution in [1.29, 1.82) is 0 Å². The number of hydrogen-bond donors (Lipinski definition) is 2. The standard InChI is InChI=1S/C13H15ClF2N2O2/c1-20-9-6-17-12(11(9)16)13(19)18-5-7-3-2-4-8(14)10(7)15/h2-4,9,11-12,17H,5-6H2,1H3,(H,18,19)/t9-,11+,12+/m1/s1. The normalized spacial score (nSPS) is 25.7. The molecule has 1 saturated heterocycles. The second-order valence-electron chi connectivity index (χ2n) is 4.54. The fourth-order valence-corrected chi connectivity index (χ4v) is 2.30. The topological polar surface area (TPSA) is 50.4 Å². The lowest BCUT2D eigenvalue weighted by Gasteiger charge is -2.15. The summed E-state index contributed by atoms with van der Waals surface area (Å²) in [7, 11) is 1.39. The molecule has 1 fully saturated rings. The summed E-state index contributed by atoms with van der Waals surface area (Å²) in [5.74, 6) is -1.11. The summed E-state index contributed by atoms with van der Waals surface area (Å²) >= 11 is 5.64. The van der Waals surface area contributed by atoms with E-state index in [4.69, 9.17) is 16.3 Å². The van der Waals surface area contributed by atoms with Crippen LogP contribution in [0.1, 0.15) is 5.56 Å². The summed E-state index contributed by atoms with van der Waals surface area (Å²) in [5.41, 5.74) is 0.252. The minimum absolute atomic E-state index is 0.0152. The SMILES string of the molecule is CO[C@@H]1CN[C@H](C(=O)NCc2cccc(Cl)c2F)[C@H]1F. The first-order valence-electron chi connectivity index (χ1n) is 6.15. The van der Waals surface area contributed by atoms with Crippen molar-refractivity contribution in [3.05, 3.63) is 34.6 Å². The van der Waals surface area contributed by atoms with Gasteiger partial charge in [0.1, 0.15) is 18.0 Å². The number of carbonyl (C=O) groups is 1. The van der Waals surface area contributed by atoms with Gasteiger partial charge in [0, 0.05) is 25.8 Å². The van der Waals surface area contributed by atoms with Gasteiger partial charge in [-0.05, 0) is 6.07 Å². The summed E-state index contributed by atoms with van der Waals surface area (Å²) in [6.07, 6.45) is -2.07. The van der Waals surface area contributed by atoms with E-state index in [-0.39, 0.29) is 23.7 Å². The Morgan fingerprint density at radius 1 is 1.60 bits per heavy atom. The highest BCUT2D eigenvalue weighted by molar-refractivity contribution is 6.30. The number of halogens is 3. The molecule has 0 saturated carbocycles. The molecule has 0 bridgehead atoms. The van der Waals surface area contributed by atoms with Gasteiger partial charge in [0.15, 0.2) is 6.17 Å². The number of carbonyl (C=O) groups excluding carboxylic acids is 1. The second kappa shape index (κ2) is 6.47. The Balaban J connectivity index is 1.94. The highest BCUT2D eigenvalue weighted by atomic mass is 35.5. The van der Waals surface area contributed by atoms with Crippen LogP contribution in [0, 0.1) is 5.82 Å². The summed E-state index contributed by atoms with van der Waals surface area (Å²) in [6.45, 7) is 0.217. The lowest BCUT2D eigenvalue weighted by Crippen LogP contribution is -2.45. The molecule has 1 aromatic carbocycles. The average molecular weight is 305 g/mol. The Kier molecular flexibility index (Phi) is 4.91. The summed E-state index contributed by atoms with van der Waals surface area (Å²) in [6, 6.07) is 3.53. The first-order valence-corrected chi connectivity index (χ1v) is 6.53. The van der Waals surface area contributed by atoms with Crippen LogP contribution in [-0.4, -0.2) is 37.9 Å².